The summed E-state index contributed by atoms with van der Waals surface area (Å²) in [6.07, 6.45) is 0. The molecule has 21 heteroatoms. The van der Waals surface area contributed by atoms with Crippen LogP contribution in [0.2, 0.25) is 0 Å². The molecule has 0 spiro atoms. The number of nitrogens with zero attached hydrogens (tertiary/aromatic N) is 4. The molecular formula is C21H21N6NaO12S2. The minimum absolute atomic E-state index is 0. The number of nitro groups is 1. The Morgan fingerprint density at radius 2 is 1.88 bits per heavy atom. The number of nitrogen functional groups attached to an aromatic ring is 1. The zero-order valence-corrected chi connectivity index (χ0v) is 26.0. The van der Waals surface area contributed by atoms with E-state index >= 15 is 0 Å². The largest absolute Gasteiger partial charge is 1.00 e. The first-order valence-electron chi connectivity index (χ1n) is 11.1. The number of amides is 2. The molecule has 1 aromatic carbocycles. The fourth-order valence-electron chi connectivity index (χ4n) is 3.25. The number of methoxy groups -OCH3 is 1. The molecule has 2 heterocycles. The minimum Gasteiger partial charge on any atom is -0.731 e. The molecule has 3 N–H and O–H groups in total. The first-order valence-corrected chi connectivity index (χ1v) is 13.4. The van der Waals surface area contributed by atoms with Gasteiger partial charge in [0.2, 0.25) is 5.60 Å². The average Bonchev–Trinajstić information content (AvgIpc) is 3.33. The topological polar surface area (TPSA) is 263 Å². The monoisotopic (exact) mass is 636 g/mol. The molecule has 0 saturated carbocycles. The number of non-ortho nitro benzene ring substituents is 1. The summed E-state index contributed by atoms with van der Waals surface area (Å²) < 4.78 is 43.5. The van der Waals surface area contributed by atoms with E-state index in [0.717, 1.165) is 18.4 Å². The molecule has 2 amide bonds. The van der Waals surface area contributed by atoms with E-state index in [1.807, 2.05) is 0 Å². The first-order chi connectivity index (χ1) is 19.1. The number of nitrogens with one attached hydrogen (secondary N) is 1. The summed E-state index contributed by atoms with van der Waals surface area (Å²) in [5.41, 5.74) is 3.27. The van der Waals surface area contributed by atoms with Gasteiger partial charge in [0.05, 0.1) is 12.0 Å². The number of nitrogens with two attached hydrogens (primary N) is 1. The first kappa shape index (κ1) is 34.5. The molecule has 42 heavy (non-hydrogen) atoms. The van der Waals surface area contributed by atoms with Crippen LogP contribution in [0.25, 0.3) is 0 Å². The van der Waals surface area contributed by atoms with Crippen molar-refractivity contribution in [3.8, 4) is 0 Å². The Bertz CT molecular complexity index is 1530. The molecule has 0 radical (unpaired) electrons. The Balaban J connectivity index is 0.00000616. The molecule has 0 aliphatic carbocycles. The Labute approximate surface area is 263 Å². The Morgan fingerprint density at radius 3 is 2.38 bits per heavy atom. The molecule has 0 bridgehead atoms. The summed E-state index contributed by atoms with van der Waals surface area (Å²) in [6.45, 7) is 2.22. The van der Waals surface area contributed by atoms with Crippen LogP contribution in [0.5, 0.6) is 0 Å². The van der Waals surface area contributed by atoms with Gasteiger partial charge in [0, 0.05) is 17.5 Å². The summed E-state index contributed by atoms with van der Waals surface area (Å²) in [7, 11) is -4.53. The second-order valence-corrected chi connectivity index (χ2v) is 10.8. The van der Waals surface area contributed by atoms with Crippen LogP contribution in [0.15, 0.2) is 34.8 Å². The maximum absolute atomic E-state index is 13.1. The summed E-state index contributed by atoms with van der Waals surface area (Å²) in [5.74, 6) is -4.86. The normalized spacial score (nSPS) is 16.9. The average molecular weight is 637 g/mol. The van der Waals surface area contributed by atoms with Crippen LogP contribution < -0.4 is 40.6 Å². The molecule has 1 aromatic heterocycles. The molecule has 220 valence electrons. The maximum atomic E-state index is 13.1. The number of nitro benzene ring substituents is 1. The van der Waals surface area contributed by atoms with Gasteiger partial charge < -0.3 is 29.9 Å². The number of hydrogen-bond acceptors (Lipinski definition) is 16. The van der Waals surface area contributed by atoms with E-state index in [1.54, 1.807) is 0 Å². The van der Waals surface area contributed by atoms with Crippen molar-refractivity contribution in [2.24, 2.45) is 5.16 Å². The second-order valence-electron chi connectivity index (χ2n) is 8.62. The molecule has 3 rings (SSSR count). The predicted molar refractivity (Wildman–Crippen MR) is 135 cm³/mol. The molecule has 2 aromatic rings. The smallest absolute Gasteiger partial charge is 0.731 e. The van der Waals surface area contributed by atoms with Gasteiger partial charge in [-0.25, -0.2) is 27.3 Å². The maximum Gasteiger partial charge on any atom is 1.00 e. The molecule has 1 aliphatic heterocycles. The number of anilines is 1. The van der Waals surface area contributed by atoms with Crippen molar-refractivity contribution in [3.05, 3.63) is 51.0 Å². The molecule has 18 nitrogen and oxygen atoms in total. The van der Waals surface area contributed by atoms with Gasteiger partial charge in [-0.15, -0.1) is 11.3 Å². The summed E-state index contributed by atoms with van der Waals surface area (Å²) in [5, 5.41) is 17.8. The molecular weight excluding hydrogens is 615 g/mol. The van der Waals surface area contributed by atoms with Gasteiger partial charge in [-0.1, -0.05) is 5.16 Å². The third-order valence-corrected chi connectivity index (χ3v) is 6.94. The van der Waals surface area contributed by atoms with E-state index in [9.17, 15) is 42.3 Å². The van der Waals surface area contributed by atoms with Crippen molar-refractivity contribution in [3.63, 3.8) is 0 Å². The number of carbonyl (C=O) groups is 4. The van der Waals surface area contributed by atoms with Crippen molar-refractivity contribution < 1.29 is 80.9 Å². The van der Waals surface area contributed by atoms with Crippen LogP contribution in [0.4, 0.5) is 10.8 Å². The third kappa shape index (κ3) is 7.77. The van der Waals surface area contributed by atoms with Crippen LogP contribution in [-0.2, 0) is 50.4 Å². The van der Waals surface area contributed by atoms with Crippen molar-refractivity contribution >= 4 is 61.9 Å². The zero-order chi connectivity index (χ0) is 30.7. The molecule has 2 unspecified atom stereocenters. The van der Waals surface area contributed by atoms with Crippen molar-refractivity contribution in [1.29, 1.82) is 0 Å². The summed E-state index contributed by atoms with van der Waals surface area (Å²) in [6, 6.07) is 1.42. The zero-order valence-electron chi connectivity index (χ0n) is 22.3. The number of aromatic nitrogens is 1. The minimum atomic E-state index is -5.41. The summed E-state index contributed by atoms with van der Waals surface area (Å²) >= 11 is 0.897. The van der Waals surface area contributed by atoms with E-state index in [2.05, 4.69) is 20.2 Å². The SMILES string of the molecule is COC(=O)C1C(NC(=O)C(=NOC(C)(C)C(=O)OCc2ccc([N+](=O)[O-])cc2)c2csc(N)n2)C(=O)N1S(=O)(=O)[O-].[Na+]. The quantitative estimate of drug-likeness (QED) is 0.0456. The number of β-lactam (4-membered cyclic amide) rings is 1. The third-order valence-electron chi connectivity index (χ3n) is 5.38. The Morgan fingerprint density at radius 1 is 1.26 bits per heavy atom. The molecule has 1 aliphatic rings. The van der Waals surface area contributed by atoms with Gasteiger partial charge in [-0.3, -0.25) is 19.7 Å². The van der Waals surface area contributed by atoms with E-state index in [-0.39, 0.29) is 57.0 Å². The van der Waals surface area contributed by atoms with Gasteiger partial charge in [0.15, 0.2) is 27.2 Å². The van der Waals surface area contributed by atoms with Crippen LogP contribution >= 0.6 is 11.3 Å². The van der Waals surface area contributed by atoms with Crippen molar-refractivity contribution in [2.45, 2.75) is 38.1 Å². The Hall–Kier alpha value is -3.69. The molecule has 2 atom stereocenters. The number of carbonyl (C=O) groups excluding carboxylic acids is 4. The van der Waals surface area contributed by atoms with E-state index in [4.69, 9.17) is 15.3 Å². The van der Waals surface area contributed by atoms with Gasteiger partial charge in [0.25, 0.3) is 17.5 Å². The van der Waals surface area contributed by atoms with Crippen LogP contribution in [0.3, 0.4) is 0 Å². The molecule has 1 saturated heterocycles. The fraction of sp³-hybridized carbons (Fsp3) is 0.333. The second kappa shape index (κ2) is 13.5. The number of hydrogen-bond donors (Lipinski definition) is 2. The molecule has 1 fully saturated rings. The van der Waals surface area contributed by atoms with E-state index in [0.29, 0.717) is 5.56 Å². The van der Waals surface area contributed by atoms with Gasteiger partial charge in [-0.2, -0.15) is 0 Å². The van der Waals surface area contributed by atoms with E-state index < -0.39 is 62.4 Å². The number of ether oxygens (including phenoxy) is 2. The van der Waals surface area contributed by atoms with Gasteiger partial charge in [0.1, 0.15) is 18.3 Å². The summed E-state index contributed by atoms with van der Waals surface area (Å²) in [4.78, 5) is 69.4. The Kier molecular flexibility index (Phi) is 11.1. The van der Waals surface area contributed by atoms with Gasteiger partial charge in [-0.05, 0) is 31.5 Å². The van der Waals surface area contributed by atoms with Gasteiger partial charge >= 0.3 is 41.5 Å². The number of oxime groups is 1. The standard InChI is InChI=1S/C21H22N6O12S2.Na/c1-21(2,19(31)38-8-10-4-6-11(7-5-10)27(32)33)39-25-13(12-9-40-20(22)23-12)16(28)24-14-15(18(30)37-3)26(17(14)29)41(34,35)36;/h4-7,9,14-15H,8H2,1-3H3,(H2,22,23)(H,24,28)(H,34,35,36);/q;+1/p-1. The number of thiazole rings is 1. The van der Waals surface area contributed by atoms with Crippen molar-refractivity contribution in [2.75, 3.05) is 12.8 Å². The van der Waals surface area contributed by atoms with Crippen LogP contribution in [-0.4, -0.2) is 81.4 Å². The number of benzene rings is 1. The number of rotatable bonds is 11. The predicted octanol–water partition coefficient (Wildman–Crippen LogP) is -3.79. The van der Waals surface area contributed by atoms with E-state index in [1.165, 1.54) is 43.5 Å². The number of esters is 2. The van der Waals surface area contributed by atoms with Crippen LogP contribution in [0.1, 0.15) is 25.1 Å². The van der Waals surface area contributed by atoms with Crippen LogP contribution in [0, 0.1) is 10.1 Å². The van der Waals surface area contributed by atoms with Crippen molar-refractivity contribution in [1.82, 2.24) is 14.6 Å². The fourth-order valence-corrected chi connectivity index (χ4v) is 4.62.